The fourth-order valence-corrected chi connectivity index (χ4v) is 4.91. The Kier molecular flexibility index (Phi) is 8.05. The summed E-state index contributed by atoms with van der Waals surface area (Å²) in [5.41, 5.74) is 1.04. The van der Waals surface area contributed by atoms with Crippen LogP contribution in [-0.2, 0) is 11.2 Å². The molecule has 0 N–H and O–H groups in total. The highest BCUT2D eigenvalue weighted by Gasteiger charge is 2.30. The van der Waals surface area contributed by atoms with E-state index in [1.165, 1.54) is 0 Å². The number of aromatic nitrogens is 1. The Labute approximate surface area is 196 Å². The lowest BCUT2D eigenvalue weighted by molar-refractivity contribution is -0.132. The maximum Gasteiger partial charge on any atom is 0.222 e. The van der Waals surface area contributed by atoms with Gasteiger partial charge in [0.25, 0.3) is 0 Å². The van der Waals surface area contributed by atoms with Crippen LogP contribution >= 0.6 is 0 Å². The molecule has 3 heterocycles. The number of likely N-dealkylation sites (tertiary alicyclic amines) is 2. The van der Waals surface area contributed by atoms with Crippen LogP contribution in [0.25, 0.3) is 0 Å². The van der Waals surface area contributed by atoms with Crippen molar-refractivity contribution in [3.05, 3.63) is 48.3 Å². The number of benzene rings is 1. The van der Waals surface area contributed by atoms with E-state index in [4.69, 9.17) is 14.2 Å². The van der Waals surface area contributed by atoms with Crippen LogP contribution in [0.15, 0.2) is 42.7 Å². The van der Waals surface area contributed by atoms with Crippen molar-refractivity contribution >= 4 is 5.91 Å². The molecule has 1 aromatic carbocycles. The first-order valence-corrected chi connectivity index (χ1v) is 12.0. The van der Waals surface area contributed by atoms with Gasteiger partial charge in [-0.05, 0) is 55.9 Å². The molecule has 1 aromatic heterocycles. The molecule has 0 spiro atoms. The molecule has 0 atom stereocenters. The second-order valence-corrected chi connectivity index (χ2v) is 8.83. The predicted molar refractivity (Wildman–Crippen MR) is 127 cm³/mol. The van der Waals surface area contributed by atoms with Crippen LogP contribution in [-0.4, -0.2) is 73.2 Å². The van der Waals surface area contributed by atoms with Gasteiger partial charge in [-0.15, -0.1) is 0 Å². The largest absolute Gasteiger partial charge is 0.497 e. The Morgan fingerprint density at radius 2 is 1.67 bits per heavy atom. The van der Waals surface area contributed by atoms with Gasteiger partial charge in [-0.3, -0.25) is 14.7 Å². The van der Waals surface area contributed by atoms with Crippen LogP contribution in [0.3, 0.4) is 0 Å². The normalized spacial score (nSPS) is 18.2. The second kappa shape index (κ2) is 11.4. The number of carbonyl (C=O) groups is 1. The highest BCUT2D eigenvalue weighted by molar-refractivity contribution is 5.76. The minimum Gasteiger partial charge on any atom is -0.497 e. The van der Waals surface area contributed by atoms with Crippen LogP contribution in [0.5, 0.6) is 17.2 Å². The number of carbonyl (C=O) groups excluding carboxylic acids is 1. The van der Waals surface area contributed by atoms with Gasteiger partial charge in [0.15, 0.2) is 0 Å². The Bertz CT molecular complexity index is 892. The molecule has 2 aromatic rings. The first-order valence-electron chi connectivity index (χ1n) is 12.0. The zero-order valence-electron chi connectivity index (χ0n) is 19.7. The average molecular weight is 454 g/mol. The Morgan fingerprint density at radius 3 is 2.33 bits per heavy atom. The quantitative estimate of drug-likeness (QED) is 0.609. The van der Waals surface area contributed by atoms with Gasteiger partial charge in [0.05, 0.1) is 14.2 Å². The number of rotatable bonds is 8. The van der Waals surface area contributed by atoms with Crippen molar-refractivity contribution in [2.75, 3.05) is 40.4 Å². The molecule has 2 saturated heterocycles. The van der Waals surface area contributed by atoms with Gasteiger partial charge in [0, 0.05) is 57.1 Å². The monoisotopic (exact) mass is 453 g/mol. The standard InChI is InChI=1S/C26H35N3O4/c1-31-24-5-3-20(25(19-24)32-2)4-6-26(30)29-15-9-21(10-16-29)28-17-11-23(12-18-28)33-22-7-13-27-14-8-22/h3,5,7-8,13-14,19,21,23H,4,6,9-12,15-18H2,1-2H3. The van der Waals surface area contributed by atoms with Crippen LogP contribution in [0, 0.1) is 0 Å². The second-order valence-electron chi connectivity index (χ2n) is 8.83. The van der Waals surface area contributed by atoms with Gasteiger partial charge in [-0.25, -0.2) is 0 Å². The molecule has 0 unspecified atom stereocenters. The van der Waals surface area contributed by atoms with E-state index >= 15 is 0 Å². The average Bonchev–Trinajstić information content (AvgIpc) is 2.88. The van der Waals surface area contributed by atoms with E-state index in [1.54, 1.807) is 26.6 Å². The predicted octanol–water partition coefficient (Wildman–Crippen LogP) is 3.57. The molecule has 2 aliphatic heterocycles. The molecule has 1 amide bonds. The summed E-state index contributed by atoms with van der Waals surface area (Å²) in [5, 5.41) is 0. The third-order valence-electron chi connectivity index (χ3n) is 6.87. The first-order chi connectivity index (χ1) is 16.2. The molecule has 0 bridgehead atoms. The Morgan fingerprint density at radius 1 is 0.939 bits per heavy atom. The lowest BCUT2D eigenvalue weighted by Gasteiger charge is -2.41. The fourth-order valence-electron chi connectivity index (χ4n) is 4.91. The minimum absolute atomic E-state index is 0.232. The van der Waals surface area contributed by atoms with Gasteiger partial charge < -0.3 is 19.1 Å². The van der Waals surface area contributed by atoms with Crippen molar-refractivity contribution in [3.63, 3.8) is 0 Å². The smallest absolute Gasteiger partial charge is 0.222 e. The topological polar surface area (TPSA) is 64.1 Å². The summed E-state index contributed by atoms with van der Waals surface area (Å²) < 4.78 is 16.8. The van der Waals surface area contributed by atoms with Gasteiger partial charge in [0.2, 0.25) is 5.91 Å². The van der Waals surface area contributed by atoms with Gasteiger partial charge in [-0.1, -0.05) is 6.07 Å². The molecule has 0 radical (unpaired) electrons. The summed E-state index contributed by atoms with van der Waals surface area (Å²) in [6.45, 7) is 3.81. The molecule has 2 aliphatic rings. The molecule has 7 heteroatoms. The van der Waals surface area contributed by atoms with E-state index < -0.39 is 0 Å². The SMILES string of the molecule is COc1ccc(CCC(=O)N2CCC(N3CCC(Oc4ccncc4)CC3)CC2)c(OC)c1. The molecule has 4 rings (SSSR count). The molecule has 0 aliphatic carbocycles. The van der Waals surface area contributed by atoms with E-state index in [-0.39, 0.29) is 12.0 Å². The van der Waals surface area contributed by atoms with E-state index in [2.05, 4.69) is 9.88 Å². The van der Waals surface area contributed by atoms with Crippen molar-refractivity contribution in [2.45, 2.75) is 50.7 Å². The third kappa shape index (κ3) is 6.16. The van der Waals surface area contributed by atoms with Gasteiger partial charge >= 0.3 is 0 Å². The number of hydrogen-bond acceptors (Lipinski definition) is 6. The molecular weight excluding hydrogens is 418 g/mol. The Balaban J connectivity index is 1.19. The minimum atomic E-state index is 0.232. The Hall–Kier alpha value is -2.80. The number of hydrogen-bond donors (Lipinski definition) is 0. The van der Waals surface area contributed by atoms with Crippen LogP contribution in [0.4, 0.5) is 0 Å². The van der Waals surface area contributed by atoms with Gasteiger partial charge in [0.1, 0.15) is 23.4 Å². The number of nitrogens with zero attached hydrogens (tertiary/aromatic N) is 3. The van der Waals surface area contributed by atoms with E-state index in [0.29, 0.717) is 18.9 Å². The van der Waals surface area contributed by atoms with Crippen molar-refractivity contribution in [3.8, 4) is 17.2 Å². The van der Waals surface area contributed by atoms with Crippen molar-refractivity contribution in [1.82, 2.24) is 14.8 Å². The van der Waals surface area contributed by atoms with E-state index in [1.807, 2.05) is 35.2 Å². The van der Waals surface area contributed by atoms with E-state index in [9.17, 15) is 4.79 Å². The summed E-state index contributed by atoms with van der Waals surface area (Å²) in [6.07, 6.45) is 9.19. The molecule has 178 valence electrons. The zero-order chi connectivity index (χ0) is 23.0. The van der Waals surface area contributed by atoms with Crippen LogP contribution < -0.4 is 14.2 Å². The number of pyridine rings is 1. The molecule has 0 saturated carbocycles. The van der Waals surface area contributed by atoms with Gasteiger partial charge in [-0.2, -0.15) is 0 Å². The maximum atomic E-state index is 12.8. The summed E-state index contributed by atoms with van der Waals surface area (Å²) in [7, 11) is 3.29. The highest BCUT2D eigenvalue weighted by Crippen LogP contribution is 2.27. The number of ether oxygens (including phenoxy) is 3. The summed E-state index contributed by atoms with van der Waals surface area (Å²) in [4.78, 5) is 21.5. The van der Waals surface area contributed by atoms with Crippen molar-refractivity contribution < 1.29 is 19.0 Å². The summed E-state index contributed by atoms with van der Waals surface area (Å²) in [5.74, 6) is 2.67. The van der Waals surface area contributed by atoms with Crippen molar-refractivity contribution in [2.24, 2.45) is 0 Å². The van der Waals surface area contributed by atoms with Crippen LogP contribution in [0.1, 0.15) is 37.7 Å². The zero-order valence-corrected chi connectivity index (χ0v) is 19.7. The number of methoxy groups -OCH3 is 2. The molecule has 7 nitrogen and oxygen atoms in total. The van der Waals surface area contributed by atoms with Crippen LogP contribution in [0.2, 0.25) is 0 Å². The molecular formula is C26H35N3O4. The fraction of sp³-hybridized carbons (Fsp3) is 0.538. The summed E-state index contributed by atoms with van der Waals surface area (Å²) >= 11 is 0. The lowest BCUT2D eigenvalue weighted by Crippen LogP contribution is -2.50. The molecule has 33 heavy (non-hydrogen) atoms. The number of aryl methyl sites for hydroxylation is 1. The first kappa shape index (κ1) is 23.4. The lowest BCUT2D eigenvalue weighted by atomic mass is 9.98. The summed E-state index contributed by atoms with van der Waals surface area (Å²) in [6, 6.07) is 10.2. The highest BCUT2D eigenvalue weighted by atomic mass is 16.5. The maximum absolute atomic E-state index is 12.8. The number of piperidine rings is 2. The molecule has 2 fully saturated rings. The number of amides is 1. The van der Waals surface area contributed by atoms with Crippen molar-refractivity contribution in [1.29, 1.82) is 0 Å². The van der Waals surface area contributed by atoms with E-state index in [0.717, 1.165) is 74.7 Å². The third-order valence-corrected chi connectivity index (χ3v) is 6.87.